The van der Waals surface area contributed by atoms with Crippen LogP contribution in [-0.4, -0.2) is 43.2 Å². The molecule has 3 rings (SSSR count). The maximum atomic E-state index is 14.1. The van der Waals surface area contributed by atoms with E-state index in [-0.39, 0.29) is 5.82 Å². The van der Waals surface area contributed by atoms with E-state index in [9.17, 15) is 4.39 Å². The maximum Gasteiger partial charge on any atom is 0.147 e. The van der Waals surface area contributed by atoms with Crippen molar-refractivity contribution in [3.63, 3.8) is 0 Å². The Morgan fingerprint density at radius 1 is 1.19 bits per heavy atom. The van der Waals surface area contributed by atoms with Crippen molar-refractivity contribution in [3.8, 4) is 6.07 Å². The first-order valence-corrected chi connectivity index (χ1v) is 7.61. The van der Waals surface area contributed by atoms with Gasteiger partial charge in [0, 0.05) is 25.2 Å². The van der Waals surface area contributed by atoms with Crippen molar-refractivity contribution in [2.75, 3.05) is 31.1 Å². The van der Waals surface area contributed by atoms with Gasteiger partial charge in [-0.2, -0.15) is 5.26 Å². The van der Waals surface area contributed by atoms with Crippen molar-refractivity contribution in [2.24, 2.45) is 5.73 Å². The van der Waals surface area contributed by atoms with Gasteiger partial charge in [-0.3, -0.25) is 4.90 Å². The summed E-state index contributed by atoms with van der Waals surface area (Å²) >= 11 is 0. The fraction of sp³-hybridized carbons (Fsp3) is 0.562. The SMILES string of the molecule is N#Cc1ccc(N2CCC(N3CCC(N)CC3)C2)c(F)c1. The first kappa shape index (κ1) is 14.3. The number of likely N-dealkylation sites (tertiary alicyclic amines) is 1. The number of hydrogen-bond acceptors (Lipinski definition) is 4. The summed E-state index contributed by atoms with van der Waals surface area (Å²) in [6.45, 7) is 3.83. The number of nitrogens with two attached hydrogens (primary N) is 1. The van der Waals surface area contributed by atoms with E-state index in [4.69, 9.17) is 11.0 Å². The lowest BCUT2D eigenvalue weighted by Crippen LogP contribution is -2.46. The third kappa shape index (κ3) is 3.02. The largest absolute Gasteiger partial charge is 0.368 e. The Morgan fingerprint density at radius 3 is 2.62 bits per heavy atom. The predicted molar refractivity (Wildman–Crippen MR) is 80.5 cm³/mol. The molecule has 2 aliphatic rings. The van der Waals surface area contributed by atoms with Crippen LogP contribution in [0, 0.1) is 17.1 Å². The smallest absolute Gasteiger partial charge is 0.147 e. The van der Waals surface area contributed by atoms with Crippen LogP contribution in [0.1, 0.15) is 24.8 Å². The molecule has 1 atom stereocenters. The van der Waals surface area contributed by atoms with Gasteiger partial charge >= 0.3 is 0 Å². The molecule has 2 aliphatic heterocycles. The van der Waals surface area contributed by atoms with Crippen LogP contribution < -0.4 is 10.6 Å². The van der Waals surface area contributed by atoms with Crippen molar-refractivity contribution < 1.29 is 4.39 Å². The lowest BCUT2D eigenvalue weighted by atomic mass is 10.0. The Kier molecular flexibility index (Phi) is 4.09. The highest BCUT2D eigenvalue weighted by atomic mass is 19.1. The Labute approximate surface area is 124 Å². The standard InChI is InChI=1S/C16H21FN4/c17-15-9-12(10-18)1-2-16(15)21-8-5-14(11-21)20-6-3-13(19)4-7-20/h1-2,9,13-14H,3-8,11,19H2. The molecule has 0 aliphatic carbocycles. The quantitative estimate of drug-likeness (QED) is 0.900. The van der Waals surface area contributed by atoms with E-state index < -0.39 is 0 Å². The molecule has 0 spiro atoms. The van der Waals surface area contributed by atoms with Gasteiger partial charge in [0.2, 0.25) is 0 Å². The van der Waals surface area contributed by atoms with E-state index >= 15 is 0 Å². The van der Waals surface area contributed by atoms with Gasteiger partial charge in [-0.05, 0) is 50.6 Å². The summed E-state index contributed by atoms with van der Waals surface area (Å²) in [4.78, 5) is 4.58. The summed E-state index contributed by atoms with van der Waals surface area (Å²) in [7, 11) is 0. The Morgan fingerprint density at radius 2 is 1.95 bits per heavy atom. The van der Waals surface area contributed by atoms with Crippen LogP contribution in [0.2, 0.25) is 0 Å². The summed E-state index contributed by atoms with van der Waals surface area (Å²) in [5.74, 6) is -0.296. The molecule has 0 saturated carbocycles. The predicted octanol–water partition coefficient (Wildman–Crippen LogP) is 1.70. The van der Waals surface area contributed by atoms with Crippen LogP contribution in [0.3, 0.4) is 0 Å². The third-order valence-electron chi connectivity index (χ3n) is 4.67. The minimum atomic E-state index is -0.296. The average molecular weight is 288 g/mol. The van der Waals surface area contributed by atoms with Gasteiger partial charge in [-0.1, -0.05) is 0 Å². The van der Waals surface area contributed by atoms with Crippen LogP contribution in [0.25, 0.3) is 0 Å². The van der Waals surface area contributed by atoms with Gasteiger partial charge in [0.25, 0.3) is 0 Å². The molecular weight excluding hydrogens is 267 g/mol. The highest BCUT2D eigenvalue weighted by Crippen LogP contribution is 2.27. The minimum Gasteiger partial charge on any atom is -0.368 e. The fourth-order valence-electron chi connectivity index (χ4n) is 3.38. The molecule has 0 radical (unpaired) electrons. The van der Waals surface area contributed by atoms with E-state index in [1.165, 1.54) is 6.07 Å². The van der Waals surface area contributed by atoms with Crippen molar-refractivity contribution in [2.45, 2.75) is 31.3 Å². The number of rotatable bonds is 2. The van der Waals surface area contributed by atoms with Gasteiger partial charge in [0.05, 0.1) is 17.3 Å². The molecule has 2 N–H and O–H groups in total. The van der Waals surface area contributed by atoms with Crippen molar-refractivity contribution in [3.05, 3.63) is 29.6 Å². The molecule has 21 heavy (non-hydrogen) atoms. The first-order chi connectivity index (χ1) is 10.2. The van der Waals surface area contributed by atoms with Crippen LogP contribution in [0.4, 0.5) is 10.1 Å². The monoisotopic (exact) mass is 288 g/mol. The van der Waals surface area contributed by atoms with Crippen LogP contribution in [0.5, 0.6) is 0 Å². The lowest BCUT2D eigenvalue weighted by molar-refractivity contribution is 0.163. The Balaban J connectivity index is 1.66. The van der Waals surface area contributed by atoms with Crippen LogP contribution in [-0.2, 0) is 0 Å². The van der Waals surface area contributed by atoms with Gasteiger partial charge in [0.15, 0.2) is 0 Å². The highest BCUT2D eigenvalue weighted by Gasteiger charge is 2.30. The van der Waals surface area contributed by atoms with Gasteiger partial charge in [-0.15, -0.1) is 0 Å². The summed E-state index contributed by atoms with van der Waals surface area (Å²) < 4.78 is 14.1. The molecule has 0 bridgehead atoms. The van der Waals surface area contributed by atoms with Gasteiger partial charge < -0.3 is 10.6 Å². The number of halogens is 1. The zero-order valence-electron chi connectivity index (χ0n) is 12.1. The topological polar surface area (TPSA) is 56.3 Å². The van der Waals surface area contributed by atoms with Crippen LogP contribution >= 0.6 is 0 Å². The van der Waals surface area contributed by atoms with Crippen molar-refractivity contribution in [1.82, 2.24) is 4.90 Å². The van der Waals surface area contributed by atoms with E-state index in [2.05, 4.69) is 9.80 Å². The molecule has 2 fully saturated rings. The number of piperidine rings is 1. The number of benzene rings is 1. The Hall–Kier alpha value is -1.64. The molecule has 1 aromatic rings. The second-order valence-electron chi connectivity index (χ2n) is 6.04. The fourth-order valence-corrected chi connectivity index (χ4v) is 3.38. The molecule has 0 amide bonds. The second kappa shape index (κ2) is 6.00. The number of nitrogens with zero attached hydrogens (tertiary/aromatic N) is 3. The van der Waals surface area contributed by atoms with E-state index in [0.29, 0.717) is 23.3 Å². The van der Waals surface area contributed by atoms with Crippen molar-refractivity contribution in [1.29, 1.82) is 5.26 Å². The molecular formula is C16H21FN4. The molecule has 4 nitrogen and oxygen atoms in total. The average Bonchev–Trinajstić information content (AvgIpc) is 2.97. The zero-order valence-corrected chi connectivity index (χ0v) is 12.1. The van der Waals surface area contributed by atoms with Gasteiger partial charge in [-0.25, -0.2) is 4.39 Å². The minimum absolute atomic E-state index is 0.296. The maximum absolute atomic E-state index is 14.1. The van der Waals surface area contributed by atoms with E-state index in [1.54, 1.807) is 12.1 Å². The molecule has 1 aromatic carbocycles. The van der Waals surface area contributed by atoms with E-state index in [1.807, 2.05) is 6.07 Å². The zero-order chi connectivity index (χ0) is 14.8. The molecule has 112 valence electrons. The lowest BCUT2D eigenvalue weighted by Gasteiger charge is -2.34. The number of anilines is 1. The second-order valence-corrected chi connectivity index (χ2v) is 6.04. The Bertz CT molecular complexity index is 546. The summed E-state index contributed by atoms with van der Waals surface area (Å²) in [6, 6.07) is 7.54. The van der Waals surface area contributed by atoms with Crippen molar-refractivity contribution >= 4 is 5.69 Å². The third-order valence-corrected chi connectivity index (χ3v) is 4.67. The summed E-state index contributed by atoms with van der Waals surface area (Å²) in [5, 5.41) is 8.80. The number of nitriles is 1. The molecule has 0 aromatic heterocycles. The molecule has 2 heterocycles. The van der Waals surface area contributed by atoms with Crippen LogP contribution in [0.15, 0.2) is 18.2 Å². The van der Waals surface area contributed by atoms with Gasteiger partial charge in [0.1, 0.15) is 5.82 Å². The molecule has 2 saturated heterocycles. The molecule has 5 heteroatoms. The summed E-state index contributed by atoms with van der Waals surface area (Å²) in [6.07, 6.45) is 3.18. The van der Waals surface area contributed by atoms with E-state index in [0.717, 1.165) is 45.4 Å². The number of hydrogen-bond donors (Lipinski definition) is 1. The summed E-state index contributed by atoms with van der Waals surface area (Å²) in [5.41, 5.74) is 6.94. The molecule has 1 unspecified atom stereocenters. The highest BCUT2D eigenvalue weighted by molar-refractivity contribution is 5.52. The normalized spacial score (nSPS) is 24.2. The first-order valence-electron chi connectivity index (χ1n) is 7.61.